The van der Waals surface area contributed by atoms with Gasteiger partial charge in [-0.2, -0.15) is 0 Å². The summed E-state index contributed by atoms with van der Waals surface area (Å²) >= 11 is 1.49. The van der Waals surface area contributed by atoms with Crippen LogP contribution in [0.15, 0.2) is 24.3 Å². The molecule has 2 aliphatic rings. The Labute approximate surface area is 184 Å². The quantitative estimate of drug-likeness (QED) is 0.642. The largest absolute Gasteiger partial charge is 0.354 e. The van der Waals surface area contributed by atoms with Crippen LogP contribution in [-0.4, -0.2) is 66.3 Å². The van der Waals surface area contributed by atoms with Gasteiger partial charge in [-0.25, -0.2) is 4.79 Å². The lowest BCUT2D eigenvalue weighted by Crippen LogP contribution is -2.38. The Morgan fingerprint density at radius 3 is 2.81 bits per heavy atom. The number of likely N-dealkylation sites (tertiary alicyclic amines) is 1. The average Bonchev–Trinajstić information content (AvgIpc) is 3.47. The maximum absolute atomic E-state index is 12.9. The monoisotopic (exact) mass is 442 g/mol. The molecular formula is C22H26N4O4S. The van der Waals surface area contributed by atoms with Gasteiger partial charge in [-0.3, -0.25) is 19.3 Å². The van der Waals surface area contributed by atoms with Crippen LogP contribution in [0.4, 0.5) is 4.79 Å². The molecule has 1 aromatic heterocycles. The van der Waals surface area contributed by atoms with E-state index in [4.69, 9.17) is 0 Å². The van der Waals surface area contributed by atoms with E-state index in [2.05, 4.69) is 10.6 Å². The Morgan fingerprint density at radius 2 is 2.06 bits per heavy atom. The van der Waals surface area contributed by atoms with Gasteiger partial charge in [0.15, 0.2) is 0 Å². The van der Waals surface area contributed by atoms with E-state index < -0.39 is 0 Å². The first-order valence-corrected chi connectivity index (χ1v) is 11.4. The van der Waals surface area contributed by atoms with Gasteiger partial charge in [-0.15, -0.1) is 11.3 Å². The smallest absolute Gasteiger partial charge is 0.324 e. The summed E-state index contributed by atoms with van der Waals surface area (Å²) in [7, 11) is 1.63. The van der Waals surface area contributed by atoms with Gasteiger partial charge in [-0.1, -0.05) is 18.2 Å². The normalized spacial score (nSPS) is 18.7. The minimum absolute atomic E-state index is 0.0310. The van der Waals surface area contributed by atoms with Crippen molar-refractivity contribution >= 4 is 45.2 Å². The molecule has 0 aliphatic carbocycles. The number of rotatable bonds is 7. The minimum atomic E-state index is -0.387. The summed E-state index contributed by atoms with van der Waals surface area (Å²) < 4.78 is 1.07. The summed E-state index contributed by atoms with van der Waals surface area (Å²) in [6, 6.07) is 7.65. The highest BCUT2D eigenvalue weighted by molar-refractivity contribution is 7.21. The van der Waals surface area contributed by atoms with Crippen molar-refractivity contribution in [3.8, 4) is 0 Å². The lowest BCUT2D eigenvalue weighted by Gasteiger charge is -2.25. The number of benzene rings is 1. The number of urea groups is 1. The van der Waals surface area contributed by atoms with Crippen molar-refractivity contribution in [1.29, 1.82) is 0 Å². The molecule has 2 aromatic rings. The van der Waals surface area contributed by atoms with E-state index in [1.807, 2.05) is 29.2 Å². The highest BCUT2D eigenvalue weighted by atomic mass is 32.1. The van der Waals surface area contributed by atoms with Crippen LogP contribution in [0.2, 0.25) is 0 Å². The van der Waals surface area contributed by atoms with Gasteiger partial charge in [0, 0.05) is 37.3 Å². The highest BCUT2D eigenvalue weighted by Crippen LogP contribution is 2.34. The first kappa shape index (κ1) is 21.3. The number of hydrogen-bond acceptors (Lipinski definition) is 5. The van der Waals surface area contributed by atoms with Gasteiger partial charge in [0.05, 0.1) is 11.4 Å². The van der Waals surface area contributed by atoms with Gasteiger partial charge < -0.3 is 15.5 Å². The van der Waals surface area contributed by atoms with Crippen molar-refractivity contribution < 1.29 is 19.2 Å². The van der Waals surface area contributed by atoms with E-state index in [0.717, 1.165) is 28.5 Å². The first-order chi connectivity index (χ1) is 15.0. The molecule has 0 bridgehead atoms. The van der Waals surface area contributed by atoms with Crippen LogP contribution in [0.25, 0.3) is 10.1 Å². The molecule has 1 atom stereocenters. The van der Waals surface area contributed by atoms with Gasteiger partial charge in [0.1, 0.15) is 0 Å². The first-order valence-electron chi connectivity index (χ1n) is 10.6. The number of carbonyl (C=O) groups excluding carboxylic acids is 4. The molecule has 0 unspecified atom stereocenters. The van der Waals surface area contributed by atoms with Crippen molar-refractivity contribution in [3.05, 3.63) is 34.7 Å². The Balaban J connectivity index is 1.44. The third-order valence-electron chi connectivity index (χ3n) is 5.98. The molecule has 31 heavy (non-hydrogen) atoms. The van der Waals surface area contributed by atoms with Crippen molar-refractivity contribution in [1.82, 2.24) is 20.4 Å². The van der Waals surface area contributed by atoms with Crippen molar-refractivity contribution in [2.75, 3.05) is 26.7 Å². The summed E-state index contributed by atoms with van der Waals surface area (Å²) in [6.45, 7) is 0.984. The van der Waals surface area contributed by atoms with Crippen LogP contribution in [0.3, 0.4) is 0 Å². The summed E-state index contributed by atoms with van der Waals surface area (Å²) in [4.78, 5) is 52.5. The SMILES string of the molecule is CNC(=O)c1sc2ccccc2c1C[C@H]1CCCN1C(=O)CCCN1C(=O)CNC1=O. The van der Waals surface area contributed by atoms with E-state index in [1.165, 1.54) is 16.2 Å². The van der Waals surface area contributed by atoms with Crippen LogP contribution in [0.5, 0.6) is 0 Å². The zero-order valence-electron chi connectivity index (χ0n) is 17.5. The molecule has 9 heteroatoms. The number of nitrogens with one attached hydrogen (secondary N) is 2. The van der Waals surface area contributed by atoms with Gasteiger partial charge in [0.2, 0.25) is 11.8 Å². The van der Waals surface area contributed by atoms with E-state index in [1.54, 1.807) is 7.05 Å². The summed E-state index contributed by atoms with van der Waals surface area (Å²) in [5, 5.41) is 6.29. The van der Waals surface area contributed by atoms with E-state index in [0.29, 0.717) is 30.7 Å². The van der Waals surface area contributed by atoms with Gasteiger partial charge in [0.25, 0.3) is 5.91 Å². The lowest BCUT2D eigenvalue weighted by molar-refractivity contribution is -0.132. The van der Waals surface area contributed by atoms with Crippen LogP contribution in [0, 0.1) is 0 Å². The molecule has 3 heterocycles. The molecule has 0 radical (unpaired) electrons. The molecule has 1 aromatic carbocycles. The molecular weight excluding hydrogens is 416 g/mol. The van der Waals surface area contributed by atoms with Crippen molar-refractivity contribution in [3.63, 3.8) is 0 Å². The predicted octanol–water partition coefficient (Wildman–Crippen LogP) is 2.13. The summed E-state index contributed by atoms with van der Waals surface area (Å²) in [5.74, 6) is -0.307. The maximum atomic E-state index is 12.9. The van der Waals surface area contributed by atoms with Gasteiger partial charge >= 0.3 is 6.03 Å². The second kappa shape index (κ2) is 9.05. The van der Waals surface area contributed by atoms with Crippen molar-refractivity contribution in [2.24, 2.45) is 0 Å². The third-order valence-corrected chi connectivity index (χ3v) is 7.19. The Kier molecular flexibility index (Phi) is 6.22. The van der Waals surface area contributed by atoms with Crippen LogP contribution >= 0.6 is 11.3 Å². The summed E-state index contributed by atoms with van der Waals surface area (Å²) in [6.07, 6.45) is 3.22. The zero-order chi connectivity index (χ0) is 22.0. The average molecular weight is 443 g/mol. The zero-order valence-corrected chi connectivity index (χ0v) is 18.3. The molecule has 0 saturated carbocycles. The van der Waals surface area contributed by atoms with E-state index in [9.17, 15) is 19.2 Å². The Bertz CT molecular complexity index is 1020. The fraction of sp³-hybridized carbons (Fsp3) is 0.455. The number of amides is 5. The predicted molar refractivity (Wildman–Crippen MR) is 118 cm³/mol. The van der Waals surface area contributed by atoms with Crippen LogP contribution < -0.4 is 10.6 Å². The summed E-state index contributed by atoms with van der Waals surface area (Å²) in [5.41, 5.74) is 1.00. The topological polar surface area (TPSA) is 98.8 Å². The van der Waals surface area contributed by atoms with Crippen LogP contribution in [-0.2, 0) is 16.0 Å². The van der Waals surface area contributed by atoms with E-state index in [-0.39, 0.29) is 42.9 Å². The number of nitrogens with zero attached hydrogens (tertiary/aromatic N) is 2. The minimum Gasteiger partial charge on any atom is -0.354 e. The highest BCUT2D eigenvalue weighted by Gasteiger charge is 2.32. The van der Waals surface area contributed by atoms with Gasteiger partial charge in [-0.05, 0) is 42.7 Å². The van der Waals surface area contributed by atoms with E-state index >= 15 is 0 Å². The molecule has 8 nitrogen and oxygen atoms in total. The molecule has 0 spiro atoms. The molecule has 2 N–H and O–H groups in total. The number of imide groups is 1. The standard InChI is InChI=1S/C22H26N4O4S/c1-23-21(29)20-16(15-7-2-3-8-17(15)31-20)12-14-6-4-10-25(14)18(27)9-5-11-26-19(28)13-24-22(26)30/h2-3,7-8,14H,4-6,9-13H2,1H3,(H,23,29)(H,24,30)/t14-/m1/s1. The number of thiophene rings is 1. The molecule has 2 fully saturated rings. The molecule has 4 rings (SSSR count). The fourth-order valence-electron chi connectivity index (χ4n) is 4.42. The number of carbonyl (C=O) groups is 4. The second-order valence-electron chi connectivity index (χ2n) is 7.88. The Morgan fingerprint density at radius 1 is 1.26 bits per heavy atom. The molecule has 164 valence electrons. The maximum Gasteiger partial charge on any atom is 0.324 e. The van der Waals surface area contributed by atoms with Crippen LogP contribution in [0.1, 0.15) is 40.9 Å². The molecule has 5 amide bonds. The Hall–Kier alpha value is -2.94. The van der Waals surface area contributed by atoms with Crippen molar-refractivity contribution in [2.45, 2.75) is 38.1 Å². The molecule has 2 aliphatic heterocycles. The second-order valence-corrected chi connectivity index (χ2v) is 8.93. The third kappa shape index (κ3) is 4.27. The number of hydrogen-bond donors (Lipinski definition) is 2. The lowest BCUT2D eigenvalue weighted by atomic mass is 10.00. The molecule has 2 saturated heterocycles. The number of fused-ring (bicyclic) bond motifs is 1. The fourth-order valence-corrected chi connectivity index (χ4v) is 5.60.